The van der Waals surface area contributed by atoms with Crippen molar-refractivity contribution in [3.63, 3.8) is 0 Å². The Bertz CT molecular complexity index is 562. The van der Waals surface area contributed by atoms with Gasteiger partial charge in [-0.1, -0.05) is 29.8 Å². The van der Waals surface area contributed by atoms with Crippen LogP contribution in [0.2, 0.25) is 0 Å². The summed E-state index contributed by atoms with van der Waals surface area (Å²) in [7, 11) is 0. The first kappa shape index (κ1) is 12.2. The molecule has 0 N–H and O–H groups in total. The van der Waals surface area contributed by atoms with Crippen LogP contribution < -0.4 is 4.90 Å². The summed E-state index contributed by atoms with van der Waals surface area (Å²) in [5, 5.41) is 0. The molecule has 2 amide bonds. The lowest BCUT2D eigenvalue weighted by molar-refractivity contribution is -0.122. The molecule has 0 unspecified atom stereocenters. The predicted octanol–water partition coefficient (Wildman–Crippen LogP) is 2.76. The summed E-state index contributed by atoms with van der Waals surface area (Å²) in [6.07, 6.45) is 5.41. The maximum atomic E-state index is 12.5. The van der Waals surface area contributed by atoms with Crippen LogP contribution in [-0.4, -0.2) is 11.8 Å². The second-order valence-corrected chi connectivity index (χ2v) is 5.46. The molecule has 1 aliphatic heterocycles. The van der Waals surface area contributed by atoms with Crippen LogP contribution in [0.5, 0.6) is 0 Å². The first-order chi connectivity index (χ1) is 9.09. The Morgan fingerprint density at radius 1 is 1.00 bits per heavy atom. The highest BCUT2D eigenvalue weighted by molar-refractivity contribution is 6.22. The molecule has 2 atom stereocenters. The Labute approximate surface area is 112 Å². The van der Waals surface area contributed by atoms with E-state index in [9.17, 15) is 9.59 Å². The van der Waals surface area contributed by atoms with Crippen molar-refractivity contribution in [1.29, 1.82) is 0 Å². The Balaban J connectivity index is 2.02. The zero-order valence-electron chi connectivity index (χ0n) is 11.2. The Kier molecular flexibility index (Phi) is 2.77. The number of aryl methyl sites for hydroxylation is 2. The second-order valence-electron chi connectivity index (χ2n) is 5.46. The van der Waals surface area contributed by atoms with Gasteiger partial charge in [0.2, 0.25) is 11.8 Å². The molecule has 1 fully saturated rings. The molecule has 0 aromatic heterocycles. The summed E-state index contributed by atoms with van der Waals surface area (Å²) < 4.78 is 0. The molecule has 1 aromatic carbocycles. The molecule has 0 saturated carbocycles. The fourth-order valence-electron chi connectivity index (χ4n) is 3.09. The van der Waals surface area contributed by atoms with Gasteiger partial charge >= 0.3 is 0 Å². The van der Waals surface area contributed by atoms with Gasteiger partial charge in [0.25, 0.3) is 0 Å². The molecule has 3 rings (SSSR count). The van der Waals surface area contributed by atoms with Crippen LogP contribution in [0.1, 0.15) is 24.0 Å². The van der Waals surface area contributed by atoms with E-state index in [0.717, 1.165) is 16.8 Å². The summed E-state index contributed by atoms with van der Waals surface area (Å²) in [5.41, 5.74) is 2.86. The predicted molar refractivity (Wildman–Crippen MR) is 73.8 cm³/mol. The lowest BCUT2D eigenvalue weighted by atomic mass is 9.85. The average molecular weight is 255 g/mol. The Hall–Kier alpha value is -1.90. The zero-order chi connectivity index (χ0) is 13.6. The van der Waals surface area contributed by atoms with Gasteiger partial charge < -0.3 is 0 Å². The van der Waals surface area contributed by atoms with E-state index in [1.165, 1.54) is 4.90 Å². The lowest BCUT2D eigenvalue weighted by Gasteiger charge is -2.17. The van der Waals surface area contributed by atoms with E-state index in [1.54, 1.807) is 0 Å². The van der Waals surface area contributed by atoms with Crippen molar-refractivity contribution in [1.82, 2.24) is 0 Å². The second kappa shape index (κ2) is 4.34. The van der Waals surface area contributed by atoms with Crippen LogP contribution in [0.25, 0.3) is 0 Å². The van der Waals surface area contributed by atoms with E-state index in [-0.39, 0.29) is 23.7 Å². The van der Waals surface area contributed by atoms with Gasteiger partial charge in [0.1, 0.15) is 0 Å². The normalized spacial score (nSPS) is 25.9. The lowest BCUT2D eigenvalue weighted by Crippen LogP contribution is -2.31. The van der Waals surface area contributed by atoms with Crippen molar-refractivity contribution in [2.45, 2.75) is 26.7 Å². The number of hydrogen-bond acceptors (Lipinski definition) is 2. The van der Waals surface area contributed by atoms with Crippen molar-refractivity contribution < 1.29 is 9.59 Å². The Morgan fingerprint density at radius 2 is 1.58 bits per heavy atom. The van der Waals surface area contributed by atoms with E-state index in [2.05, 4.69) is 0 Å². The van der Waals surface area contributed by atoms with Crippen molar-refractivity contribution in [2.75, 3.05) is 4.90 Å². The topological polar surface area (TPSA) is 37.4 Å². The van der Waals surface area contributed by atoms with Gasteiger partial charge in [0.15, 0.2) is 0 Å². The van der Waals surface area contributed by atoms with Gasteiger partial charge in [0.05, 0.1) is 17.5 Å². The number of rotatable bonds is 1. The minimum Gasteiger partial charge on any atom is -0.274 e. The third kappa shape index (κ3) is 1.81. The van der Waals surface area contributed by atoms with Crippen molar-refractivity contribution in [3.8, 4) is 0 Å². The van der Waals surface area contributed by atoms with Crippen LogP contribution in [0.4, 0.5) is 5.69 Å². The maximum Gasteiger partial charge on any atom is 0.238 e. The van der Waals surface area contributed by atoms with Crippen LogP contribution in [-0.2, 0) is 9.59 Å². The molecule has 2 aliphatic rings. The minimum atomic E-state index is -0.154. The van der Waals surface area contributed by atoms with E-state index < -0.39 is 0 Å². The largest absolute Gasteiger partial charge is 0.274 e. The van der Waals surface area contributed by atoms with Crippen molar-refractivity contribution in [2.24, 2.45) is 11.8 Å². The van der Waals surface area contributed by atoms with E-state index >= 15 is 0 Å². The van der Waals surface area contributed by atoms with Gasteiger partial charge in [-0.2, -0.15) is 0 Å². The van der Waals surface area contributed by atoms with E-state index in [4.69, 9.17) is 0 Å². The van der Waals surface area contributed by atoms with Gasteiger partial charge in [-0.3, -0.25) is 9.59 Å². The first-order valence-corrected chi connectivity index (χ1v) is 6.69. The van der Waals surface area contributed by atoms with Gasteiger partial charge in [-0.05, 0) is 38.3 Å². The molecule has 1 aliphatic carbocycles. The molecule has 1 heterocycles. The highest BCUT2D eigenvalue weighted by Crippen LogP contribution is 2.38. The van der Waals surface area contributed by atoms with E-state index in [1.807, 2.05) is 44.2 Å². The standard InChI is InChI=1S/C16H17NO2/c1-10-7-8-14(11(2)9-10)17-15(18)12-5-3-4-6-13(12)16(17)19/h3-4,7-9,12-13H,5-6H2,1-2H3/t12-,13-/m0/s1. The molecule has 19 heavy (non-hydrogen) atoms. The third-order valence-electron chi connectivity index (χ3n) is 4.10. The van der Waals surface area contributed by atoms with Crippen LogP contribution >= 0.6 is 0 Å². The van der Waals surface area contributed by atoms with E-state index in [0.29, 0.717) is 12.8 Å². The number of anilines is 1. The maximum absolute atomic E-state index is 12.5. The zero-order valence-corrected chi connectivity index (χ0v) is 11.2. The summed E-state index contributed by atoms with van der Waals surface area (Å²) >= 11 is 0. The first-order valence-electron chi connectivity index (χ1n) is 6.69. The number of fused-ring (bicyclic) bond motifs is 1. The summed E-state index contributed by atoms with van der Waals surface area (Å²) in [6.45, 7) is 3.96. The fraction of sp³-hybridized carbons (Fsp3) is 0.375. The summed E-state index contributed by atoms with van der Waals surface area (Å²) in [5.74, 6) is -0.381. The van der Waals surface area contributed by atoms with Crippen molar-refractivity contribution in [3.05, 3.63) is 41.5 Å². The van der Waals surface area contributed by atoms with Crippen LogP contribution in [0, 0.1) is 25.7 Å². The number of carbonyl (C=O) groups is 2. The number of allylic oxidation sites excluding steroid dienone is 2. The third-order valence-corrected chi connectivity index (χ3v) is 4.10. The molecule has 0 bridgehead atoms. The molecule has 1 aromatic rings. The molecular weight excluding hydrogens is 238 g/mol. The average Bonchev–Trinajstić information content (AvgIpc) is 2.64. The van der Waals surface area contributed by atoms with Gasteiger partial charge in [-0.25, -0.2) is 4.90 Å². The molecule has 1 saturated heterocycles. The van der Waals surface area contributed by atoms with Crippen LogP contribution in [0.15, 0.2) is 30.4 Å². The fourth-order valence-corrected chi connectivity index (χ4v) is 3.09. The highest BCUT2D eigenvalue weighted by atomic mass is 16.2. The molecule has 98 valence electrons. The molecule has 0 spiro atoms. The molecule has 3 nitrogen and oxygen atoms in total. The molecule has 3 heteroatoms. The van der Waals surface area contributed by atoms with Gasteiger partial charge in [-0.15, -0.1) is 0 Å². The summed E-state index contributed by atoms with van der Waals surface area (Å²) in [6, 6.07) is 5.84. The number of carbonyl (C=O) groups excluding carboxylic acids is 2. The molecule has 0 radical (unpaired) electrons. The highest BCUT2D eigenvalue weighted by Gasteiger charge is 2.48. The number of imide groups is 1. The minimum absolute atomic E-state index is 0.0358. The Morgan fingerprint density at radius 3 is 2.11 bits per heavy atom. The number of amides is 2. The number of hydrogen-bond donors (Lipinski definition) is 0. The molecular formula is C16H17NO2. The number of benzene rings is 1. The van der Waals surface area contributed by atoms with Gasteiger partial charge in [0, 0.05) is 0 Å². The smallest absolute Gasteiger partial charge is 0.238 e. The SMILES string of the molecule is Cc1ccc(N2C(=O)[C@H]3CC=CC[C@@H]3C2=O)c(C)c1. The van der Waals surface area contributed by atoms with Crippen LogP contribution in [0.3, 0.4) is 0 Å². The van der Waals surface area contributed by atoms with Crippen molar-refractivity contribution >= 4 is 17.5 Å². The number of nitrogens with zero attached hydrogens (tertiary/aromatic N) is 1. The quantitative estimate of drug-likeness (QED) is 0.571. The summed E-state index contributed by atoms with van der Waals surface area (Å²) in [4.78, 5) is 26.3. The monoisotopic (exact) mass is 255 g/mol.